The van der Waals surface area contributed by atoms with E-state index in [1.807, 2.05) is 0 Å². The van der Waals surface area contributed by atoms with Crippen molar-refractivity contribution in [1.29, 1.82) is 0 Å². The predicted octanol–water partition coefficient (Wildman–Crippen LogP) is 18.5. The van der Waals surface area contributed by atoms with Gasteiger partial charge in [-0.15, -0.1) is 0 Å². The molecule has 0 radical (unpaired) electrons. The lowest BCUT2D eigenvalue weighted by atomic mass is 10.0. The van der Waals surface area contributed by atoms with E-state index in [4.69, 9.17) is 14.2 Å². The minimum absolute atomic E-state index is 0.0905. The number of carbonyl (C=O) groups is 3. The third kappa shape index (κ3) is 53.2. The van der Waals surface area contributed by atoms with Crippen LogP contribution in [0.3, 0.4) is 0 Å². The molecule has 6 nitrogen and oxygen atoms in total. The van der Waals surface area contributed by atoms with Gasteiger partial charge in [-0.05, 0) is 96.3 Å². The van der Waals surface area contributed by atoms with Gasteiger partial charge in [-0.25, -0.2) is 0 Å². The number of ether oxygens (including phenoxy) is 3. The Balaban J connectivity index is 4.40. The number of hydrogen-bond acceptors (Lipinski definition) is 6. The van der Waals surface area contributed by atoms with Crippen LogP contribution in [0.5, 0.6) is 0 Å². The predicted molar refractivity (Wildman–Crippen MR) is 288 cm³/mol. The Kier molecular flexibility index (Phi) is 51.9. The second-order valence-corrected chi connectivity index (χ2v) is 18.1. The second kappa shape index (κ2) is 54.9. The molecule has 0 amide bonds. The van der Waals surface area contributed by atoms with Crippen molar-refractivity contribution in [2.24, 2.45) is 0 Å². The topological polar surface area (TPSA) is 78.9 Å². The molecule has 0 heterocycles. The molecule has 0 saturated carbocycles. The van der Waals surface area contributed by atoms with E-state index in [0.29, 0.717) is 19.3 Å². The Labute approximate surface area is 413 Å². The zero-order valence-corrected chi connectivity index (χ0v) is 43.6. The van der Waals surface area contributed by atoms with Crippen molar-refractivity contribution in [3.05, 3.63) is 97.2 Å². The van der Waals surface area contributed by atoms with Crippen molar-refractivity contribution in [3.63, 3.8) is 0 Å². The second-order valence-electron chi connectivity index (χ2n) is 18.1. The van der Waals surface area contributed by atoms with Crippen LogP contribution < -0.4 is 0 Å². The summed E-state index contributed by atoms with van der Waals surface area (Å²) in [6, 6.07) is 0. The first-order chi connectivity index (χ1) is 33.0. The van der Waals surface area contributed by atoms with Crippen LogP contribution in [0.25, 0.3) is 0 Å². The van der Waals surface area contributed by atoms with Crippen LogP contribution in [0.15, 0.2) is 97.2 Å². The summed E-state index contributed by atoms with van der Waals surface area (Å²) in [6.45, 7) is 6.43. The largest absolute Gasteiger partial charge is 0.462 e. The molecule has 0 aliphatic carbocycles. The lowest BCUT2D eigenvalue weighted by Gasteiger charge is -2.18. The van der Waals surface area contributed by atoms with E-state index in [2.05, 4.69) is 118 Å². The number of carbonyl (C=O) groups excluding carboxylic acids is 3. The van der Waals surface area contributed by atoms with E-state index in [1.54, 1.807) is 0 Å². The van der Waals surface area contributed by atoms with Gasteiger partial charge in [-0.2, -0.15) is 0 Å². The summed E-state index contributed by atoms with van der Waals surface area (Å²) in [5.74, 6) is -0.930. The van der Waals surface area contributed by atoms with Crippen molar-refractivity contribution in [2.75, 3.05) is 13.2 Å². The molecule has 0 bridgehead atoms. The maximum atomic E-state index is 12.8. The molecule has 0 aromatic heterocycles. The van der Waals surface area contributed by atoms with Crippen molar-refractivity contribution in [3.8, 4) is 0 Å². The summed E-state index contributed by atoms with van der Waals surface area (Å²) in [6.07, 6.45) is 72.5. The van der Waals surface area contributed by atoms with Crippen LogP contribution >= 0.6 is 0 Å². The Morgan fingerprint density at radius 3 is 0.970 bits per heavy atom. The van der Waals surface area contributed by atoms with Crippen molar-refractivity contribution >= 4 is 17.9 Å². The molecule has 67 heavy (non-hydrogen) atoms. The molecule has 0 aliphatic heterocycles. The highest BCUT2D eigenvalue weighted by Crippen LogP contribution is 2.15. The molecule has 0 spiro atoms. The Hall–Kier alpha value is -3.67. The van der Waals surface area contributed by atoms with Gasteiger partial charge in [0, 0.05) is 19.3 Å². The first-order valence-electron chi connectivity index (χ1n) is 27.7. The smallest absolute Gasteiger partial charge is 0.306 e. The highest BCUT2D eigenvalue weighted by Gasteiger charge is 2.19. The van der Waals surface area contributed by atoms with Gasteiger partial charge in [0.1, 0.15) is 13.2 Å². The Morgan fingerprint density at radius 2 is 0.612 bits per heavy atom. The van der Waals surface area contributed by atoms with Crippen LogP contribution in [0.1, 0.15) is 252 Å². The van der Waals surface area contributed by atoms with Gasteiger partial charge in [-0.3, -0.25) is 14.4 Å². The summed E-state index contributed by atoms with van der Waals surface area (Å²) in [5, 5.41) is 0. The maximum absolute atomic E-state index is 12.8. The van der Waals surface area contributed by atoms with Crippen LogP contribution in [0.2, 0.25) is 0 Å². The quantitative estimate of drug-likeness (QED) is 0.0262. The molecule has 0 aliphatic rings. The van der Waals surface area contributed by atoms with Crippen LogP contribution in [0.4, 0.5) is 0 Å². The highest BCUT2D eigenvalue weighted by molar-refractivity contribution is 5.71. The fourth-order valence-corrected chi connectivity index (χ4v) is 7.42. The average Bonchev–Trinajstić information content (AvgIpc) is 3.33. The molecule has 0 N–H and O–H groups in total. The normalized spacial score (nSPS) is 12.8. The fraction of sp³-hybridized carbons (Fsp3) is 0.689. The Bertz CT molecular complexity index is 1350. The summed E-state index contributed by atoms with van der Waals surface area (Å²) in [4.78, 5) is 38.1. The summed E-state index contributed by atoms with van der Waals surface area (Å²) >= 11 is 0. The van der Waals surface area contributed by atoms with Crippen molar-refractivity contribution in [2.45, 2.75) is 258 Å². The molecule has 0 aromatic rings. The number of esters is 3. The minimum atomic E-state index is -0.794. The first-order valence-corrected chi connectivity index (χ1v) is 27.7. The molecule has 382 valence electrons. The lowest BCUT2D eigenvalue weighted by molar-refractivity contribution is -0.167. The van der Waals surface area contributed by atoms with Crippen LogP contribution in [0, 0.1) is 0 Å². The van der Waals surface area contributed by atoms with Gasteiger partial charge in [0.25, 0.3) is 0 Å². The molecule has 1 atom stereocenters. The molecule has 0 saturated heterocycles. The van der Waals surface area contributed by atoms with Gasteiger partial charge in [0.15, 0.2) is 6.10 Å². The fourth-order valence-electron chi connectivity index (χ4n) is 7.42. The molecule has 0 aromatic carbocycles. The molecule has 0 rings (SSSR count). The van der Waals surface area contributed by atoms with Crippen LogP contribution in [-0.2, 0) is 28.6 Å². The van der Waals surface area contributed by atoms with Gasteiger partial charge < -0.3 is 14.2 Å². The van der Waals surface area contributed by atoms with Gasteiger partial charge in [0.05, 0.1) is 0 Å². The van der Waals surface area contributed by atoms with Crippen molar-refractivity contribution in [1.82, 2.24) is 0 Å². The first kappa shape index (κ1) is 63.3. The zero-order valence-electron chi connectivity index (χ0n) is 43.6. The van der Waals surface area contributed by atoms with Gasteiger partial charge in [-0.1, -0.05) is 234 Å². The van der Waals surface area contributed by atoms with E-state index in [0.717, 1.165) is 141 Å². The van der Waals surface area contributed by atoms with Gasteiger partial charge in [0.2, 0.25) is 0 Å². The minimum Gasteiger partial charge on any atom is -0.462 e. The SMILES string of the molecule is CC/C=C\C/C=C\C/C=C\C/C=C\C/C=C\C/C=C\CCCCCCC(=O)OCC(COC(=O)CCCCCCCCCCCCCCC)OC(=O)CCCCCCC/C=C\C/C=C\CCC. The molecule has 0 fully saturated rings. The number of hydrogen-bond donors (Lipinski definition) is 0. The maximum Gasteiger partial charge on any atom is 0.306 e. The summed E-state index contributed by atoms with van der Waals surface area (Å²) < 4.78 is 16.8. The van der Waals surface area contributed by atoms with Gasteiger partial charge >= 0.3 is 17.9 Å². The van der Waals surface area contributed by atoms with E-state index in [1.165, 1.54) is 70.6 Å². The van der Waals surface area contributed by atoms with Crippen molar-refractivity contribution < 1.29 is 28.6 Å². The number of unbranched alkanes of at least 4 members (excludes halogenated alkanes) is 22. The molecular weight excluding hydrogens is 829 g/mol. The van der Waals surface area contributed by atoms with E-state index < -0.39 is 6.10 Å². The zero-order chi connectivity index (χ0) is 48.6. The molecule has 1 unspecified atom stereocenters. The van der Waals surface area contributed by atoms with Crippen LogP contribution in [-0.4, -0.2) is 37.2 Å². The van der Waals surface area contributed by atoms with E-state index >= 15 is 0 Å². The average molecular weight is 931 g/mol. The summed E-state index contributed by atoms with van der Waals surface area (Å²) in [5.41, 5.74) is 0. The third-order valence-electron chi connectivity index (χ3n) is 11.6. The summed E-state index contributed by atoms with van der Waals surface area (Å²) in [7, 11) is 0. The Morgan fingerprint density at radius 1 is 0.313 bits per heavy atom. The number of rotatable bonds is 49. The molecular formula is C61H102O6. The number of allylic oxidation sites excluding steroid dienone is 16. The monoisotopic (exact) mass is 931 g/mol. The molecule has 6 heteroatoms. The standard InChI is InChI=1S/C61H102O6/c1-4-7-10-13-16-19-22-25-26-27-28-29-30-31-32-33-34-37-39-42-45-48-51-54-60(63)66-57-58(67-61(64)55-52-49-46-43-40-36-24-21-18-15-12-9-6-3)56-65-59(62)53-50-47-44-41-38-35-23-20-17-14-11-8-5-2/h7,10,12,15-16,19,21,24-26,28-29,31-32,34,37,58H,4-6,8-9,11,13-14,17-18,20,22-23,27,30,33,35-36,38-57H2,1-3H3/b10-7-,15-12-,19-16-,24-21-,26-25-,29-28-,32-31-,37-34-. The highest BCUT2D eigenvalue weighted by atomic mass is 16.6. The third-order valence-corrected chi connectivity index (χ3v) is 11.6. The van der Waals surface area contributed by atoms with E-state index in [9.17, 15) is 14.4 Å². The van der Waals surface area contributed by atoms with E-state index in [-0.39, 0.29) is 31.1 Å². The lowest BCUT2D eigenvalue weighted by Crippen LogP contribution is -2.30.